The van der Waals surface area contributed by atoms with Crippen LogP contribution in [0, 0.1) is 12.3 Å². The number of carbonyl (C=O) groups is 1. The van der Waals surface area contributed by atoms with Crippen LogP contribution in [0.15, 0.2) is 53.5 Å². The van der Waals surface area contributed by atoms with E-state index in [-0.39, 0.29) is 18.7 Å². The molecule has 3 N–H and O–H groups in total. The Morgan fingerprint density at radius 1 is 1.21 bits per heavy atom. The van der Waals surface area contributed by atoms with Crippen molar-refractivity contribution in [3.63, 3.8) is 0 Å². The van der Waals surface area contributed by atoms with Crippen molar-refractivity contribution in [3.8, 4) is 12.3 Å². The topological polar surface area (TPSA) is 82.2 Å². The van der Waals surface area contributed by atoms with Crippen molar-refractivity contribution < 1.29 is 9.90 Å². The molecule has 0 unspecified atom stereocenters. The highest BCUT2D eigenvalue weighted by Crippen LogP contribution is 1.97. The number of nitrogens with one attached hydrogen (secondary N) is 2. The first-order chi connectivity index (χ1) is 11.7. The molecule has 0 bridgehead atoms. The SMILES string of the molecule is C#CCNC(=O)c1ccc[nH]c1=O.CC.OCCc1ccccc1. The fourth-order valence-corrected chi connectivity index (χ4v) is 1.60. The number of hydrogen-bond donors (Lipinski definition) is 3. The molecule has 2 aromatic rings. The van der Waals surface area contributed by atoms with Gasteiger partial charge in [-0.2, -0.15) is 0 Å². The Hall–Kier alpha value is -2.84. The number of H-pyrrole nitrogens is 1. The molecule has 2 rings (SSSR count). The summed E-state index contributed by atoms with van der Waals surface area (Å²) in [6.45, 7) is 4.36. The van der Waals surface area contributed by atoms with Crippen molar-refractivity contribution >= 4 is 5.91 Å². The number of rotatable bonds is 4. The van der Waals surface area contributed by atoms with Gasteiger partial charge >= 0.3 is 0 Å². The van der Waals surface area contributed by atoms with Crippen LogP contribution in [0.1, 0.15) is 29.8 Å². The van der Waals surface area contributed by atoms with E-state index in [2.05, 4.69) is 16.2 Å². The number of aromatic nitrogens is 1. The van der Waals surface area contributed by atoms with Gasteiger partial charge in [-0.1, -0.05) is 50.1 Å². The van der Waals surface area contributed by atoms with Crippen LogP contribution in [-0.2, 0) is 6.42 Å². The predicted molar refractivity (Wildman–Crippen MR) is 96.8 cm³/mol. The highest BCUT2D eigenvalue weighted by atomic mass is 16.3. The Balaban J connectivity index is 0.000000420. The quantitative estimate of drug-likeness (QED) is 0.751. The van der Waals surface area contributed by atoms with E-state index in [1.165, 1.54) is 17.8 Å². The van der Waals surface area contributed by atoms with Crippen molar-refractivity contribution in [2.75, 3.05) is 13.2 Å². The molecular weight excluding hydrogens is 304 g/mol. The minimum Gasteiger partial charge on any atom is -0.396 e. The Morgan fingerprint density at radius 2 is 1.88 bits per heavy atom. The molecule has 0 atom stereocenters. The van der Waals surface area contributed by atoms with Crippen LogP contribution in [0.3, 0.4) is 0 Å². The maximum absolute atomic E-state index is 11.2. The lowest BCUT2D eigenvalue weighted by Gasteiger charge is -1.98. The van der Waals surface area contributed by atoms with E-state index in [4.69, 9.17) is 11.5 Å². The summed E-state index contributed by atoms with van der Waals surface area (Å²) in [6, 6.07) is 13.0. The molecule has 0 aliphatic carbocycles. The number of amides is 1. The largest absolute Gasteiger partial charge is 0.396 e. The summed E-state index contributed by atoms with van der Waals surface area (Å²) in [5, 5.41) is 10.9. The first-order valence-corrected chi connectivity index (χ1v) is 7.73. The van der Waals surface area contributed by atoms with Gasteiger partial charge in [0.05, 0.1) is 6.54 Å². The highest BCUT2D eigenvalue weighted by molar-refractivity contribution is 5.93. The zero-order valence-electron chi connectivity index (χ0n) is 14.1. The number of aliphatic hydroxyl groups excluding tert-OH is 1. The Kier molecular flexibility index (Phi) is 12.2. The summed E-state index contributed by atoms with van der Waals surface area (Å²) in [5.41, 5.74) is 0.842. The van der Waals surface area contributed by atoms with E-state index in [0.717, 1.165) is 6.42 Å². The number of hydrogen-bond acceptors (Lipinski definition) is 3. The van der Waals surface area contributed by atoms with E-state index < -0.39 is 11.5 Å². The molecule has 1 amide bonds. The number of benzene rings is 1. The molecule has 1 heterocycles. The first kappa shape index (κ1) is 21.2. The van der Waals surface area contributed by atoms with Gasteiger partial charge in [0.25, 0.3) is 11.5 Å². The smallest absolute Gasteiger partial charge is 0.260 e. The van der Waals surface area contributed by atoms with Gasteiger partial charge in [0, 0.05) is 12.8 Å². The van der Waals surface area contributed by atoms with Crippen molar-refractivity contribution in [1.29, 1.82) is 0 Å². The van der Waals surface area contributed by atoms with Crippen molar-refractivity contribution in [2.24, 2.45) is 0 Å². The van der Waals surface area contributed by atoms with Crippen molar-refractivity contribution in [1.82, 2.24) is 10.3 Å². The van der Waals surface area contributed by atoms with Crippen molar-refractivity contribution in [3.05, 3.63) is 70.1 Å². The molecule has 0 saturated carbocycles. The standard InChI is InChI=1S/C9H8N2O2.C8H10O.C2H6/c1-2-5-10-8(12)7-4-3-6-11-9(7)13;9-7-6-8-4-2-1-3-5-8;1-2/h1,3-4,6H,5H2,(H,10,12)(H,11,13);1-5,9H,6-7H2;1-2H3. The molecule has 1 aromatic carbocycles. The Labute approximate surface area is 142 Å². The maximum atomic E-state index is 11.2. The third kappa shape index (κ3) is 8.57. The van der Waals surface area contributed by atoms with Crippen LogP contribution < -0.4 is 10.9 Å². The molecule has 1 aromatic heterocycles. The zero-order valence-corrected chi connectivity index (χ0v) is 14.1. The minimum absolute atomic E-state index is 0.0674. The molecule has 0 aliphatic rings. The normalized spacial score (nSPS) is 8.58. The fourth-order valence-electron chi connectivity index (χ4n) is 1.60. The molecule has 0 aliphatic heterocycles. The molecule has 24 heavy (non-hydrogen) atoms. The summed E-state index contributed by atoms with van der Waals surface area (Å²) in [7, 11) is 0. The van der Waals surface area contributed by atoms with Gasteiger partial charge in [-0.15, -0.1) is 6.42 Å². The van der Waals surface area contributed by atoms with Crippen LogP contribution in [0.4, 0.5) is 0 Å². The number of pyridine rings is 1. The van der Waals surface area contributed by atoms with Gasteiger partial charge in [0.2, 0.25) is 0 Å². The number of aliphatic hydroxyl groups is 1. The van der Waals surface area contributed by atoms with Gasteiger partial charge in [-0.05, 0) is 24.1 Å². The second-order valence-electron chi connectivity index (χ2n) is 4.26. The summed E-state index contributed by atoms with van der Waals surface area (Å²) < 4.78 is 0. The molecule has 0 fully saturated rings. The Morgan fingerprint density at radius 3 is 2.42 bits per heavy atom. The third-order valence-electron chi connectivity index (χ3n) is 2.66. The minimum atomic E-state index is -0.459. The van der Waals surface area contributed by atoms with Crippen LogP contribution in [0.5, 0.6) is 0 Å². The molecule has 5 nitrogen and oxygen atoms in total. The van der Waals surface area contributed by atoms with Gasteiger partial charge in [-0.3, -0.25) is 9.59 Å². The van der Waals surface area contributed by atoms with Gasteiger partial charge in [0.15, 0.2) is 0 Å². The van der Waals surface area contributed by atoms with E-state index >= 15 is 0 Å². The summed E-state index contributed by atoms with van der Waals surface area (Å²) >= 11 is 0. The van der Waals surface area contributed by atoms with Crippen LogP contribution in [0.25, 0.3) is 0 Å². The second kappa shape index (κ2) is 13.8. The van der Waals surface area contributed by atoms with Crippen LogP contribution >= 0.6 is 0 Å². The fraction of sp³-hybridized carbons (Fsp3) is 0.263. The average Bonchev–Trinajstić information content (AvgIpc) is 2.63. The molecule has 0 spiro atoms. The average molecular weight is 328 g/mol. The first-order valence-electron chi connectivity index (χ1n) is 7.73. The lowest BCUT2D eigenvalue weighted by Crippen LogP contribution is -2.29. The van der Waals surface area contributed by atoms with Crippen LogP contribution in [-0.4, -0.2) is 29.1 Å². The zero-order chi connectivity index (χ0) is 18.2. The molecule has 5 heteroatoms. The monoisotopic (exact) mass is 328 g/mol. The van der Waals surface area contributed by atoms with Crippen LogP contribution in [0.2, 0.25) is 0 Å². The summed E-state index contributed by atoms with van der Waals surface area (Å²) in [5.74, 6) is 1.79. The molecule has 0 radical (unpaired) electrons. The third-order valence-corrected chi connectivity index (χ3v) is 2.66. The molecule has 0 saturated heterocycles. The number of carbonyl (C=O) groups excluding carboxylic acids is 1. The summed E-state index contributed by atoms with van der Waals surface area (Å²) in [4.78, 5) is 24.6. The number of aromatic amines is 1. The van der Waals surface area contributed by atoms with E-state index in [9.17, 15) is 9.59 Å². The van der Waals surface area contributed by atoms with Gasteiger partial charge in [0.1, 0.15) is 5.56 Å². The van der Waals surface area contributed by atoms with E-state index in [1.807, 2.05) is 44.2 Å². The lowest BCUT2D eigenvalue weighted by molar-refractivity contribution is 0.0957. The van der Waals surface area contributed by atoms with Gasteiger partial charge in [-0.25, -0.2) is 0 Å². The summed E-state index contributed by atoms with van der Waals surface area (Å²) in [6.07, 6.45) is 7.17. The Bertz CT molecular complexity index is 673. The second-order valence-corrected chi connectivity index (χ2v) is 4.26. The van der Waals surface area contributed by atoms with Crippen molar-refractivity contribution in [2.45, 2.75) is 20.3 Å². The lowest BCUT2D eigenvalue weighted by atomic mass is 10.2. The van der Waals surface area contributed by atoms with E-state index in [1.54, 1.807) is 6.07 Å². The molecule has 128 valence electrons. The highest BCUT2D eigenvalue weighted by Gasteiger charge is 2.07. The molecular formula is C19H24N2O3. The van der Waals surface area contributed by atoms with E-state index in [0.29, 0.717) is 0 Å². The van der Waals surface area contributed by atoms with Gasteiger partial charge < -0.3 is 15.4 Å². The maximum Gasteiger partial charge on any atom is 0.260 e. The predicted octanol–water partition coefficient (Wildman–Crippen LogP) is 1.99. The number of terminal acetylenes is 1.